The molecular formula is C12H17ClN2O2S2. The van der Waals surface area contributed by atoms with Gasteiger partial charge in [-0.2, -0.15) is 4.31 Å². The number of nitrogens with zero attached hydrogens (tertiary/aromatic N) is 1. The van der Waals surface area contributed by atoms with Crippen LogP contribution in [0.1, 0.15) is 18.9 Å². The molecule has 0 saturated carbocycles. The first-order valence-corrected chi connectivity index (χ1v) is 8.07. The van der Waals surface area contributed by atoms with Gasteiger partial charge in [0.05, 0.1) is 4.99 Å². The van der Waals surface area contributed by atoms with E-state index in [1.54, 1.807) is 25.1 Å². The first-order valence-electron chi connectivity index (χ1n) is 5.78. The molecule has 0 heterocycles. The van der Waals surface area contributed by atoms with Gasteiger partial charge in [-0.15, -0.1) is 0 Å². The smallest absolute Gasteiger partial charge is 0.223 e. The van der Waals surface area contributed by atoms with E-state index in [4.69, 9.17) is 29.6 Å². The van der Waals surface area contributed by atoms with Crippen LogP contribution in [0.4, 0.5) is 0 Å². The molecule has 1 atom stereocenters. The molecule has 0 amide bonds. The summed E-state index contributed by atoms with van der Waals surface area (Å²) in [6.07, 6.45) is 0.359. The fourth-order valence-corrected chi connectivity index (χ4v) is 3.98. The first kappa shape index (κ1) is 16.4. The summed E-state index contributed by atoms with van der Waals surface area (Å²) in [4.78, 5) is 0.000411. The zero-order chi connectivity index (χ0) is 14.6. The highest BCUT2D eigenvalue weighted by Gasteiger charge is 2.30. The molecule has 0 aromatic heterocycles. The number of thiocarbonyl (C=S) groups is 1. The van der Waals surface area contributed by atoms with Gasteiger partial charge in [0.25, 0.3) is 0 Å². The lowest BCUT2D eigenvalue weighted by Gasteiger charge is -2.23. The number of benzene rings is 1. The van der Waals surface area contributed by atoms with E-state index in [1.165, 1.54) is 11.4 Å². The molecule has 4 nitrogen and oxygen atoms in total. The predicted octanol–water partition coefficient (Wildman–Crippen LogP) is 2.17. The Bertz CT molecular complexity index is 561. The van der Waals surface area contributed by atoms with Crippen LogP contribution in [0.15, 0.2) is 24.3 Å². The van der Waals surface area contributed by atoms with Gasteiger partial charge in [0.15, 0.2) is 0 Å². The number of sulfonamides is 1. The van der Waals surface area contributed by atoms with Gasteiger partial charge in [0.2, 0.25) is 10.0 Å². The predicted molar refractivity (Wildman–Crippen MR) is 82.7 cm³/mol. The normalized spacial score (nSPS) is 13.5. The van der Waals surface area contributed by atoms with Crippen molar-refractivity contribution in [1.29, 1.82) is 0 Å². The highest BCUT2D eigenvalue weighted by atomic mass is 35.5. The van der Waals surface area contributed by atoms with E-state index in [1.807, 2.05) is 6.07 Å². The Morgan fingerprint density at radius 3 is 2.63 bits per heavy atom. The van der Waals surface area contributed by atoms with Crippen LogP contribution in [0.3, 0.4) is 0 Å². The minimum Gasteiger partial charge on any atom is -0.392 e. The lowest BCUT2D eigenvalue weighted by Crippen LogP contribution is -2.42. The highest BCUT2D eigenvalue weighted by Crippen LogP contribution is 2.17. The van der Waals surface area contributed by atoms with Gasteiger partial charge in [-0.05, 0) is 24.1 Å². The van der Waals surface area contributed by atoms with E-state index >= 15 is 0 Å². The third-order valence-corrected chi connectivity index (χ3v) is 5.75. The van der Waals surface area contributed by atoms with Gasteiger partial charge in [-0.3, -0.25) is 0 Å². The second-order valence-electron chi connectivity index (χ2n) is 4.23. The van der Waals surface area contributed by atoms with Crippen LogP contribution in [-0.4, -0.2) is 30.0 Å². The Morgan fingerprint density at radius 1 is 1.53 bits per heavy atom. The maximum Gasteiger partial charge on any atom is 0.223 e. The molecule has 0 spiro atoms. The Balaban J connectivity index is 2.93. The van der Waals surface area contributed by atoms with Crippen LogP contribution in [0.2, 0.25) is 5.02 Å². The Kier molecular flexibility index (Phi) is 5.73. The van der Waals surface area contributed by atoms with Gasteiger partial charge >= 0.3 is 0 Å². The Hall–Kier alpha value is -0.690. The molecule has 0 aliphatic carbocycles. The molecule has 1 rings (SSSR count). The Labute approximate surface area is 124 Å². The van der Waals surface area contributed by atoms with E-state index in [0.29, 0.717) is 11.4 Å². The molecule has 19 heavy (non-hydrogen) atoms. The van der Waals surface area contributed by atoms with E-state index in [9.17, 15) is 8.42 Å². The van der Waals surface area contributed by atoms with Crippen LogP contribution < -0.4 is 5.73 Å². The molecule has 1 aromatic carbocycles. The fraction of sp³-hybridized carbons (Fsp3) is 0.417. The first-order chi connectivity index (χ1) is 8.78. The maximum atomic E-state index is 12.3. The van der Waals surface area contributed by atoms with E-state index in [-0.39, 0.29) is 11.5 Å². The zero-order valence-electron chi connectivity index (χ0n) is 10.8. The van der Waals surface area contributed by atoms with Gasteiger partial charge < -0.3 is 5.73 Å². The maximum absolute atomic E-state index is 12.3. The summed E-state index contributed by atoms with van der Waals surface area (Å²) < 4.78 is 25.9. The van der Waals surface area contributed by atoms with Crippen molar-refractivity contribution in [3.63, 3.8) is 0 Å². The molecule has 0 aliphatic heterocycles. The molecule has 0 fully saturated rings. The van der Waals surface area contributed by atoms with Gasteiger partial charge in [0.1, 0.15) is 5.25 Å². The number of hydrogen-bond acceptors (Lipinski definition) is 3. The molecule has 7 heteroatoms. The number of nitrogens with two attached hydrogens (primary N) is 1. The lowest BCUT2D eigenvalue weighted by molar-refractivity contribution is 0.461. The molecular weight excluding hydrogens is 304 g/mol. The Morgan fingerprint density at radius 2 is 2.16 bits per heavy atom. The van der Waals surface area contributed by atoms with Crippen LogP contribution in [0.5, 0.6) is 0 Å². The van der Waals surface area contributed by atoms with E-state index < -0.39 is 15.3 Å². The van der Waals surface area contributed by atoms with E-state index in [0.717, 1.165) is 5.56 Å². The average Bonchev–Trinajstić information content (AvgIpc) is 2.28. The van der Waals surface area contributed by atoms with Crippen LogP contribution in [0.25, 0.3) is 0 Å². The molecule has 0 radical (unpaired) electrons. The SMILES string of the molecule is CCC(C(N)=S)S(=O)(=O)N(C)Cc1cccc(Cl)c1. The van der Waals surface area contributed by atoms with Crippen molar-refractivity contribution in [2.24, 2.45) is 5.73 Å². The minimum atomic E-state index is -3.54. The topological polar surface area (TPSA) is 63.4 Å². The molecule has 106 valence electrons. The molecule has 0 aliphatic rings. The monoisotopic (exact) mass is 320 g/mol. The van der Waals surface area contributed by atoms with Crippen LogP contribution in [0, 0.1) is 0 Å². The molecule has 0 bridgehead atoms. The average molecular weight is 321 g/mol. The second-order valence-corrected chi connectivity index (χ2v) is 7.36. The summed E-state index contributed by atoms with van der Waals surface area (Å²) in [6.45, 7) is 1.98. The van der Waals surface area contributed by atoms with Crippen LogP contribution >= 0.6 is 23.8 Å². The third-order valence-electron chi connectivity index (χ3n) is 2.78. The van der Waals surface area contributed by atoms with Crippen molar-refractivity contribution in [2.75, 3.05) is 7.05 Å². The molecule has 0 saturated heterocycles. The van der Waals surface area contributed by atoms with Crippen molar-refractivity contribution in [3.05, 3.63) is 34.9 Å². The van der Waals surface area contributed by atoms with Crippen molar-refractivity contribution < 1.29 is 8.42 Å². The molecule has 1 aromatic rings. The quantitative estimate of drug-likeness (QED) is 0.816. The standard InChI is InChI=1S/C12H17ClN2O2S2/c1-3-11(12(14)18)19(16,17)15(2)8-9-5-4-6-10(13)7-9/h4-7,11H,3,8H2,1-2H3,(H2,14,18). The van der Waals surface area contributed by atoms with Gasteiger partial charge in [-0.25, -0.2) is 8.42 Å². The largest absolute Gasteiger partial charge is 0.392 e. The summed E-state index contributed by atoms with van der Waals surface area (Å²) in [5, 5.41) is -0.253. The second kappa shape index (κ2) is 6.65. The summed E-state index contributed by atoms with van der Waals surface area (Å²) in [5.74, 6) is 0. The fourth-order valence-electron chi connectivity index (χ4n) is 1.76. The third kappa shape index (κ3) is 4.14. The number of rotatable bonds is 6. The molecule has 1 unspecified atom stereocenters. The lowest BCUT2D eigenvalue weighted by atomic mass is 10.2. The van der Waals surface area contributed by atoms with Crippen molar-refractivity contribution in [3.8, 4) is 0 Å². The summed E-state index contributed by atoms with van der Waals surface area (Å²) >= 11 is 10.7. The minimum absolute atomic E-state index is 0.000411. The van der Waals surface area contributed by atoms with Crippen molar-refractivity contribution in [1.82, 2.24) is 4.31 Å². The summed E-state index contributed by atoms with van der Waals surface area (Å²) in [6, 6.07) is 7.07. The number of hydrogen-bond donors (Lipinski definition) is 1. The van der Waals surface area contributed by atoms with Crippen LogP contribution in [-0.2, 0) is 16.6 Å². The van der Waals surface area contributed by atoms with Gasteiger partial charge in [-0.1, -0.05) is 42.9 Å². The van der Waals surface area contributed by atoms with Crippen molar-refractivity contribution in [2.45, 2.75) is 25.1 Å². The summed E-state index contributed by atoms with van der Waals surface area (Å²) in [7, 11) is -2.03. The summed E-state index contributed by atoms with van der Waals surface area (Å²) in [5.41, 5.74) is 6.31. The van der Waals surface area contributed by atoms with Crippen molar-refractivity contribution >= 4 is 38.8 Å². The highest BCUT2D eigenvalue weighted by molar-refractivity contribution is 7.92. The zero-order valence-corrected chi connectivity index (χ0v) is 13.2. The van der Waals surface area contributed by atoms with Gasteiger partial charge in [0, 0.05) is 18.6 Å². The number of halogens is 1. The molecule has 2 N–H and O–H groups in total. The van der Waals surface area contributed by atoms with E-state index in [2.05, 4.69) is 0 Å².